The Morgan fingerprint density at radius 2 is 1.81 bits per heavy atom. The zero-order chi connectivity index (χ0) is 19.1. The highest BCUT2D eigenvalue weighted by Crippen LogP contribution is 2.26. The maximum atomic E-state index is 12.5. The summed E-state index contributed by atoms with van der Waals surface area (Å²) in [6, 6.07) is 17.9. The van der Waals surface area contributed by atoms with Crippen molar-refractivity contribution in [2.45, 2.75) is 11.3 Å². The van der Waals surface area contributed by atoms with Gasteiger partial charge in [0.15, 0.2) is 6.54 Å². The molecule has 0 fully saturated rings. The summed E-state index contributed by atoms with van der Waals surface area (Å²) >= 11 is 1.34. The van der Waals surface area contributed by atoms with Gasteiger partial charge in [0.2, 0.25) is 5.91 Å². The maximum Gasteiger partial charge on any atom is 0.279 e. The lowest BCUT2D eigenvalue weighted by Crippen LogP contribution is -3.13. The van der Waals surface area contributed by atoms with Gasteiger partial charge in [-0.25, -0.2) is 0 Å². The summed E-state index contributed by atoms with van der Waals surface area (Å²) < 4.78 is 0. The number of primary amides is 1. The van der Waals surface area contributed by atoms with E-state index in [1.165, 1.54) is 27.8 Å². The molecule has 1 atom stereocenters. The standard InChI is InChI=1S/C21H23N3O2S/c22-20(25)15-27-19-9-5-4-8-18(19)23-21(26)14-24-12-10-17(11-13-24)16-6-2-1-3-7-16/h1-10H,11-15H2,(H2,22,25)(H,23,26)/p+1. The van der Waals surface area contributed by atoms with Crippen molar-refractivity contribution in [1.29, 1.82) is 0 Å². The predicted molar refractivity (Wildman–Crippen MR) is 110 cm³/mol. The first-order valence-corrected chi connectivity index (χ1v) is 9.98. The monoisotopic (exact) mass is 382 g/mol. The topological polar surface area (TPSA) is 76.6 Å². The molecule has 0 saturated heterocycles. The van der Waals surface area contributed by atoms with Crippen molar-refractivity contribution in [2.75, 3.05) is 30.7 Å². The first kappa shape index (κ1) is 19.2. The van der Waals surface area contributed by atoms with Gasteiger partial charge in [0.1, 0.15) is 0 Å². The van der Waals surface area contributed by atoms with Gasteiger partial charge in [0, 0.05) is 11.3 Å². The number of rotatable bonds is 7. The number of carbonyl (C=O) groups excluding carboxylic acids is 2. The second kappa shape index (κ2) is 9.39. The van der Waals surface area contributed by atoms with Crippen LogP contribution in [0.4, 0.5) is 5.69 Å². The number of quaternary nitrogens is 1. The molecule has 1 aliphatic heterocycles. The summed E-state index contributed by atoms with van der Waals surface area (Å²) in [5.41, 5.74) is 8.56. The van der Waals surface area contributed by atoms with E-state index in [9.17, 15) is 9.59 Å². The molecule has 2 aromatic rings. The molecule has 6 heteroatoms. The van der Waals surface area contributed by atoms with Gasteiger partial charge in [-0.1, -0.05) is 42.5 Å². The van der Waals surface area contributed by atoms with Crippen LogP contribution in [-0.4, -0.2) is 37.2 Å². The van der Waals surface area contributed by atoms with E-state index in [0.717, 1.165) is 30.1 Å². The summed E-state index contributed by atoms with van der Waals surface area (Å²) in [6.07, 6.45) is 3.20. The van der Waals surface area contributed by atoms with Crippen molar-refractivity contribution in [1.82, 2.24) is 0 Å². The molecule has 0 bridgehead atoms. The number of nitrogens with two attached hydrogens (primary N) is 1. The highest BCUT2D eigenvalue weighted by atomic mass is 32.2. The lowest BCUT2D eigenvalue weighted by atomic mass is 10.00. The van der Waals surface area contributed by atoms with Crippen LogP contribution in [0, 0.1) is 0 Å². The van der Waals surface area contributed by atoms with Gasteiger partial charge in [0.25, 0.3) is 5.91 Å². The molecule has 0 spiro atoms. The minimum atomic E-state index is -0.375. The van der Waals surface area contributed by atoms with Crippen LogP contribution in [0.25, 0.3) is 5.57 Å². The summed E-state index contributed by atoms with van der Waals surface area (Å²) in [5, 5.41) is 2.97. The van der Waals surface area contributed by atoms with Crippen LogP contribution in [0.5, 0.6) is 0 Å². The Labute approximate surface area is 163 Å². The smallest absolute Gasteiger partial charge is 0.279 e. The number of nitrogens with one attached hydrogen (secondary N) is 2. The Kier molecular flexibility index (Phi) is 6.68. The highest BCUT2D eigenvalue weighted by Gasteiger charge is 2.19. The molecular weight excluding hydrogens is 358 g/mol. The van der Waals surface area contributed by atoms with E-state index in [-0.39, 0.29) is 17.6 Å². The molecule has 0 saturated carbocycles. The normalized spacial score (nSPS) is 16.4. The molecule has 1 unspecified atom stereocenters. The van der Waals surface area contributed by atoms with Crippen LogP contribution in [0.1, 0.15) is 12.0 Å². The van der Waals surface area contributed by atoms with Gasteiger partial charge in [-0.05, 0) is 29.3 Å². The van der Waals surface area contributed by atoms with E-state index >= 15 is 0 Å². The quantitative estimate of drug-likeness (QED) is 0.637. The number of thioether (sulfide) groups is 1. The third-order valence-corrected chi connectivity index (χ3v) is 5.57. The lowest BCUT2D eigenvalue weighted by Gasteiger charge is -2.23. The Bertz CT molecular complexity index is 836. The van der Waals surface area contributed by atoms with Gasteiger partial charge >= 0.3 is 0 Å². The van der Waals surface area contributed by atoms with Gasteiger partial charge in [-0.2, -0.15) is 0 Å². The minimum absolute atomic E-state index is 0.0197. The molecule has 0 aromatic heterocycles. The molecule has 0 radical (unpaired) electrons. The van der Waals surface area contributed by atoms with Crippen molar-refractivity contribution >= 4 is 34.8 Å². The third-order valence-electron chi connectivity index (χ3n) is 4.47. The Hall–Kier alpha value is -2.57. The summed E-state index contributed by atoms with van der Waals surface area (Å²) in [4.78, 5) is 25.6. The minimum Gasteiger partial charge on any atom is -0.369 e. The van der Waals surface area contributed by atoms with Crippen LogP contribution in [0.15, 0.2) is 65.6 Å². The van der Waals surface area contributed by atoms with Crippen LogP contribution in [-0.2, 0) is 9.59 Å². The zero-order valence-electron chi connectivity index (χ0n) is 15.1. The van der Waals surface area contributed by atoms with E-state index in [2.05, 4.69) is 35.7 Å². The van der Waals surface area contributed by atoms with Crippen molar-refractivity contribution in [3.8, 4) is 0 Å². The molecule has 4 N–H and O–H groups in total. The average molecular weight is 383 g/mol. The fourth-order valence-corrected chi connectivity index (χ4v) is 3.87. The number of anilines is 1. The SMILES string of the molecule is NC(=O)CSc1ccccc1NC(=O)C[NH+]1CC=C(c2ccccc2)CC1. The number of carbonyl (C=O) groups is 2. The molecule has 5 nitrogen and oxygen atoms in total. The summed E-state index contributed by atoms with van der Waals surface area (Å²) in [7, 11) is 0. The van der Waals surface area contributed by atoms with Crippen LogP contribution >= 0.6 is 11.8 Å². The van der Waals surface area contributed by atoms with Gasteiger partial charge in [-0.15, -0.1) is 11.8 Å². The maximum absolute atomic E-state index is 12.5. The molecule has 2 amide bonds. The number of para-hydroxylation sites is 1. The molecule has 2 aromatic carbocycles. The van der Waals surface area contributed by atoms with Crippen LogP contribution in [0.2, 0.25) is 0 Å². The summed E-state index contributed by atoms with van der Waals surface area (Å²) in [5.74, 6) is -0.203. The molecule has 1 heterocycles. The van der Waals surface area contributed by atoms with Gasteiger partial charge in [-0.3, -0.25) is 9.59 Å². The van der Waals surface area contributed by atoms with E-state index < -0.39 is 0 Å². The second-order valence-corrected chi connectivity index (χ2v) is 7.54. The molecular formula is C21H24N3O2S+. The third kappa shape index (κ3) is 5.70. The van der Waals surface area contributed by atoms with E-state index in [4.69, 9.17) is 5.73 Å². The van der Waals surface area contributed by atoms with Crippen LogP contribution in [0.3, 0.4) is 0 Å². The van der Waals surface area contributed by atoms with E-state index in [1.807, 2.05) is 30.3 Å². The van der Waals surface area contributed by atoms with Gasteiger partial charge in [0.05, 0.1) is 24.5 Å². The molecule has 3 rings (SSSR count). The Morgan fingerprint density at radius 3 is 2.52 bits per heavy atom. The Morgan fingerprint density at radius 1 is 1.07 bits per heavy atom. The van der Waals surface area contributed by atoms with E-state index in [1.54, 1.807) is 0 Å². The number of hydrogen-bond donors (Lipinski definition) is 3. The largest absolute Gasteiger partial charge is 0.369 e. The van der Waals surface area contributed by atoms with E-state index in [0.29, 0.717) is 6.54 Å². The Balaban J connectivity index is 1.55. The van der Waals surface area contributed by atoms with Gasteiger partial charge < -0.3 is 16.0 Å². The lowest BCUT2D eigenvalue weighted by molar-refractivity contribution is -0.886. The molecule has 140 valence electrons. The van der Waals surface area contributed by atoms with Crippen molar-refractivity contribution in [3.63, 3.8) is 0 Å². The number of hydrogen-bond acceptors (Lipinski definition) is 3. The second-order valence-electron chi connectivity index (χ2n) is 6.53. The van der Waals surface area contributed by atoms with Crippen molar-refractivity contribution < 1.29 is 14.5 Å². The number of amides is 2. The highest BCUT2D eigenvalue weighted by molar-refractivity contribution is 8.00. The first-order chi connectivity index (χ1) is 13.1. The fraction of sp³-hybridized carbons (Fsp3) is 0.238. The van der Waals surface area contributed by atoms with Crippen molar-refractivity contribution in [3.05, 3.63) is 66.2 Å². The number of benzene rings is 2. The van der Waals surface area contributed by atoms with Crippen LogP contribution < -0.4 is 16.0 Å². The fourth-order valence-electron chi connectivity index (χ4n) is 3.12. The molecule has 0 aliphatic carbocycles. The predicted octanol–water partition coefficient (Wildman–Crippen LogP) is 1.57. The molecule has 1 aliphatic rings. The molecule has 27 heavy (non-hydrogen) atoms. The zero-order valence-corrected chi connectivity index (χ0v) is 15.9. The average Bonchev–Trinajstić information content (AvgIpc) is 2.68. The summed E-state index contributed by atoms with van der Waals surface area (Å²) in [6.45, 7) is 2.20. The van der Waals surface area contributed by atoms with Crippen molar-refractivity contribution in [2.24, 2.45) is 5.73 Å². The first-order valence-electron chi connectivity index (χ1n) is 9.00.